The van der Waals surface area contributed by atoms with Gasteiger partial charge in [0, 0.05) is 18.1 Å². The second-order valence-electron chi connectivity index (χ2n) is 6.85. The molecule has 2 atom stereocenters. The van der Waals surface area contributed by atoms with Crippen molar-refractivity contribution in [2.24, 2.45) is 0 Å². The third-order valence-electron chi connectivity index (χ3n) is 4.70. The fourth-order valence-corrected chi connectivity index (χ4v) is 4.84. The number of hydrogen-bond acceptors (Lipinski definition) is 8. The highest BCUT2D eigenvalue weighted by Gasteiger charge is 2.43. The minimum Gasteiger partial charge on any atom is -0.772 e. The Bertz CT molecular complexity index is 1110. The molecule has 13 heteroatoms. The van der Waals surface area contributed by atoms with Gasteiger partial charge < -0.3 is 19.3 Å². The van der Waals surface area contributed by atoms with Gasteiger partial charge in [0.2, 0.25) is 5.91 Å². The summed E-state index contributed by atoms with van der Waals surface area (Å²) in [6.07, 6.45) is -0.141. The standard InChI is InChI=1S/C20H20F2N2O7S2/c1-3-30-15-8-11(4-5-14(15)31-20(21)22)13(6-7-33(28)29)24-18(26)12-9-32-17(23-10(2)25)16(12)19(24)27/h4-5,8-9,13,20H,3,6-7H2,1-2H3,(H,23,25)(H,28,29)/p-1/t13-/m0/s1. The number of anilines is 1. The van der Waals surface area contributed by atoms with Crippen LogP contribution < -0.4 is 14.8 Å². The number of hydrogen-bond donors (Lipinski definition) is 1. The molecule has 1 unspecified atom stereocenters. The van der Waals surface area contributed by atoms with Crippen LogP contribution in [0.25, 0.3) is 0 Å². The van der Waals surface area contributed by atoms with E-state index in [1.54, 1.807) is 6.92 Å². The summed E-state index contributed by atoms with van der Waals surface area (Å²) in [6.45, 7) is -0.0863. The Morgan fingerprint density at radius 2 is 2.00 bits per heavy atom. The third kappa shape index (κ3) is 5.37. The number of ether oxygens (including phenoxy) is 2. The number of amides is 3. The summed E-state index contributed by atoms with van der Waals surface area (Å²) < 4.78 is 57.7. The summed E-state index contributed by atoms with van der Waals surface area (Å²) in [5, 5.41) is 4.16. The molecule has 3 rings (SSSR count). The van der Waals surface area contributed by atoms with Crippen LogP contribution in [0.4, 0.5) is 13.8 Å². The lowest BCUT2D eigenvalue weighted by Crippen LogP contribution is -2.35. The normalized spacial score (nSPS) is 14.9. The molecule has 1 aromatic carbocycles. The Hall–Kier alpha value is -2.90. The molecule has 1 aliphatic rings. The average Bonchev–Trinajstić information content (AvgIpc) is 3.24. The van der Waals surface area contributed by atoms with Crippen molar-refractivity contribution in [2.45, 2.75) is 32.9 Å². The first kappa shape index (κ1) is 24.7. The zero-order valence-corrected chi connectivity index (χ0v) is 19.1. The quantitative estimate of drug-likeness (QED) is 0.391. The van der Waals surface area contributed by atoms with E-state index in [4.69, 9.17) is 4.74 Å². The van der Waals surface area contributed by atoms with E-state index in [0.29, 0.717) is 5.56 Å². The van der Waals surface area contributed by atoms with Gasteiger partial charge in [-0.2, -0.15) is 8.78 Å². The van der Waals surface area contributed by atoms with E-state index in [9.17, 15) is 31.9 Å². The maximum Gasteiger partial charge on any atom is 0.387 e. The zero-order chi connectivity index (χ0) is 24.3. The molecule has 33 heavy (non-hydrogen) atoms. The molecular formula is C20H19F2N2O7S2-. The summed E-state index contributed by atoms with van der Waals surface area (Å²) in [4.78, 5) is 38.7. The number of fused-ring (bicyclic) bond motifs is 1. The van der Waals surface area contributed by atoms with Crippen LogP contribution in [0.5, 0.6) is 11.5 Å². The molecule has 0 bridgehead atoms. The number of halogens is 2. The fraction of sp³-hybridized carbons (Fsp3) is 0.350. The van der Waals surface area contributed by atoms with Crippen molar-refractivity contribution in [2.75, 3.05) is 17.7 Å². The summed E-state index contributed by atoms with van der Waals surface area (Å²) in [5.41, 5.74) is 0.405. The highest BCUT2D eigenvalue weighted by molar-refractivity contribution is 7.79. The van der Waals surface area contributed by atoms with Gasteiger partial charge in [-0.25, -0.2) is 0 Å². The number of rotatable bonds is 10. The number of thiophene rings is 1. The van der Waals surface area contributed by atoms with Crippen LogP contribution in [0, 0.1) is 0 Å². The minimum absolute atomic E-state index is 0.0242. The Labute approximate surface area is 194 Å². The van der Waals surface area contributed by atoms with Crippen LogP contribution in [0.15, 0.2) is 23.6 Å². The lowest BCUT2D eigenvalue weighted by atomic mass is 10.0. The first-order chi connectivity index (χ1) is 15.6. The van der Waals surface area contributed by atoms with Gasteiger partial charge in [-0.15, -0.1) is 11.3 Å². The van der Waals surface area contributed by atoms with Crippen molar-refractivity contribution in [1.82, 2.24) is 4.90 Å². The molecule has 1 aliphatic heterocycles. The molecule has 9 nitrogen and oxygen atoms in total. The number of carbonyl (C=O) groups is 3. The van der Waals surface area contributed by atoms with Crippen LogP contribution in [0.1, 0.15) is 52.6 Å². The van der Waals surface area contributed by atoms with Crippen LogP contribution in [0.3, 0.4) is 0 Å². The van der Waals surface area contributed by atoms with E-state index in [2.05, 4.69) is 10.1 Å². The van der Waals surface area contributed by atoms with Crippen LogP contribution in [-0.4, -0.2) is 50.4 Å². The molecule has 3 amide bonds. The van der Waals surface area contributed by atoms with Gasteiger partial charge in [-0.3, -0.25) is 23.5 Å². The molecule has 0 saturated carbocycles. The van der Waals surface area contributed by atoms with Gasteiger partial charge >= 0.3 is 6.61 Å². The lowest BCUT2D eigenvalue weighted by Gasteiger charge is -2.28. The van der Waals surface area contributed by atoms with Gasteiger partial charge in [-0.05, 0) is 31.0 Å². The minimum atomic E-state index is -3.10. The number of imide groups is 1. The number of carbonyl (C=O) groups excluding carboxylic acids is 3. The molecule has 178 valence electrons. The first-order valence-electron chi connectivity index (χ1n) is 9.68. The Morgan fingerprint density at radius 3 is 2.61 bits per heavy atom. The molecule has 1 N–H and O–H groups in total. The van der Waals surface area contributed by atoms with Crippen LogP contribution >= 0.6 is 11.3 Å². The number of benzene rings is 1. The Morgan fingerprint density at radius 1 is 1.27 bits per heavy atom. The van der Waals surface area contributed by atoms with Gasteiger partial charge in [0.25, 0.3) is 11.8 Å². The Balaban J connectivity index is 2.03. The highest BCUT2D eigenvalue weighted by atomic mass is 32.2. The second kappa shape index (κ2) is 10.4. The number of nitrogens with one attached hydrogen (secondary N) is 1. The molecule has 1 aromatic heterocycles. The molecule has 0 aliphatic carbocycles. The summed E-state index contributed by atoms with van der Waals surface area (Å²) in [6, 6.07) is 2.86. The van der Waals surface area contributed by atoms with Crippen LogP contribution in [-0.2, 0) is 15.9 Å². The van der Waals surface area contributed by atoms with Crippen LogP contribution in [0.2, 0.25) is 0 Å². The number of nitrogens with zero attached hydrogens (tertiary/aromatic N) is 1. The van der Waals surface area contributed by atoms with Gasteiger partial charge in [-0.1, -0.05) is 17.1 Å². The third-order valence-corrected chi connectivity index (χ3v) is 6.17. The SMILES string of the molecule is CCOc1cc([C@H](CCS(=O)[O-])N2C(=O)c3csc(NC(C)=O)c3C2=O)ccc1OC(F)F. The molecular weight excluding hydrogens is 482 g/mol. The molecule has 0 radical (unpaired) electrons. The summed E-state index contributed by atoms with van der Waals surface area (Å²) >= 11 is -1.44. The summed E-state index contributed by atoms with van der Waals surface area (Å²) in [7, 11) is 0. The van der Waals surface area contributed by atoms with E-state index >= 15 is 0 Å². The van der Waals surface area contributed by atoms with Crippen molar-refractivity contribution in [1.29, 1.82) is 0 Å². The smallest absolute Gasteiger partial charge is 0.387 e. The van der Waals surface area contributed by atoms with Crippen molar-refractivity contribution >= 4 is 45.1 Å². The molecule has 2 aromatic rings. The Kier molecular flexibility index (Phi) is 7.76. The lowest BCUT2D eigenvalue weighted by molar-refractivity contribution is -0.114. The topological polar surface area (TPSA) is 125 Å². The molecule has 0 spiro atoms. The van der Waals surface area contributed by atoms with E-state index in [1.165, 1.54) is 30.5 Å². The summed E-state index contributed by atoms with van der Waals surface area (Å²) in [5.74, 6) is -2.44. The fourth-order valence-electron chi connectivity index (χ4n) is 3.45. The molecule has 0 saturated heterocycles. The maximum absolute atomic E-state index is 13.2. The molecule has 0 fully saturated rings. The maximum atomic E-state index is 13.2. The second-order valence-corrected chi connectivity index (χ2v) is 8.74. The van der Waals surface area contributed by atoms with Gasteiger partial charge in [0.1, 0.15) is 5.00 Å². The van der Waals surface area contributed by atoms with Gasteiger partial charge in [0.15, 0.2) is 11.5 Å². The monoisotopic (exact) mass is 501 g/mol. The first-order valence-corrected chi connectivity index (χ1v) is 11.8. The van der Waals surface area contributed by atoms with Crippen molar-refractivity contribution in [3.8, 4) is 11.5 Å². The van der Waals surface area contributed by atoms with Crippen molar-refractivity contribution in [3.05, 3.63) is 40.3 Å². The van der Waals surface area contributed by atoms with E-state index in [0.717, 1.165) is 16.2 Å². The van der Waals surface area contributed by atoms with E-state index in [1.807, 2.05) is 0 Å². The van der Waals surface area contributed by atoms with Gasteiger partial charge in [0.05, 0.1) is 23.8 Å². The predicted octanol–water partition coefficient (Wildman–Crippen LogP) is 3.31. The predicted molar refractivity (Wildman–Crippen MR) is 115 cm³/mol. The van der Waals surface area contributed by atoms with E-state index in [-0.39, 0.29) is 46.4 Å². The van der Waals surface area contributed by atoms with Crippen molar-refractivity contribution in [3.63, 3.8) is 0 Å². The number of alkyl halides is 2. The zero-order valence-electron chi connectivity index (χ0n) is 17.5. The average molecular weight is 502 g/mol. The highest BCUT2D eigenvalue weighted by Crippen LogP contribution is 2.41. The molecule has 2 heterocycles. The largest absolute Gasteiger partial charge is 0.772 e. The van der Waals surface area contributed by atoms with Crippen molar-refractivity contribution < 1.29 is 41.4 Å². The van der Waals surface area contributed by atoms with E-state index < -0.39 is 41.5 Å².